The predicted octanol–water partition coefficient (Wildman–Crippen LogP) is 4.82. The van der Waals surface area contributed by atoms with Crippen molar-refractivity contribution in [3.63, 3.8) is 0 Å². The highest BCUT2D eigenvalue weighted by Crippen LogP contribution is 2.41. The SMILES string of the molecule is COc1c(Nc2cc(Nc3cnc(C)c(C#N)n3)nc3c2nc(C(F)F)n3PI)cccc1-c1nnn(C)n1. The number of aromatic nitrogens is 9. The third-order valence-electron chi connectivity index (χ3n) is 5.48. The molecule has 0 bridgehead atoms. The van der Waals surface area contributed by atoms with E-state index in [0.717, 1.165) is 0 Å². The molecule has 0 saturated carbocycles. The van der Waals surface area contributed by atoms with E-state index >= 15 is 0 Å². The number of ether oxygens (including phenoxy) is 1. The van der Waals surface area contributed by atoms with E-state index in [0.29, 0.717) is 34.2 Å². The number of imidazole rings is 1. The molecule has 0 aliphatic carbocycles. The molecule has 4 aromatic heterocycles. The topological polar surface area (TPSA) is 157 Å². The molecule has 0 radical (unpaired) electrons. The number of fused-ring (bicyclic) bond motifs is 1. The first-order chi connectivity index (χ1) is 18.8. The summed E-state index contributed by atoms with van der Waals surface area (Å²) in [6.07, 6.45) is -1.45. The number of para-hydroxylation sites is 1. The van der Waals surface area contributed by atoms with Gasteiger partial charge in [-0.05, 0) is 46.3 Å². The van der Waals surface area contributed by atoms with Crippen molar-refractivity contribution in [2.75, 3.05) is 17.7 Å². The average molecular weight is 662 g/mol. The molecule has 0 aliphatic heterocycles. The van der Waals surface area contributed by atoms with Crippen LogP contribution in [-0.4, -0.2) is 51.6 Å². The average Bonchev–Trinajstić information content (AvgIpc) is 3.53. The molecule has 0 aliphatic rings. The van der Waals surface area contributed by atoms with Crippen LogP contribution < -0.4 is 15.4 Å². The third-order valence-corrected chi connectivity index (χ3v) is 7.53. The summed E-state index contributed by atoms with van der Waals surface area (Å²) in [4.78, 5) is 18.5. The summed E-state index contributed by atoms with van der Waals surface area (Å²) in [5, 5.41) is 27.8. The van der Waals surface area contributed by atoms with E-state index in [9.17, 15) is 14.0 Å². The summed E-state index contributed by atoms with van der Waals surface area (Å²) < 4.78 is 34.8. The minimum absolute atomic E-state index is 0.0915. The normalized spacial score (nSPS) is 11.4. The summed E-state index contributed by atoms with van der Waals surface area (Å²) in [6.45, 7) is 1.67. The number of pyridine rings is 1. The number of alkyl halides is 2. The Labute approximate surface area is 234 Å². The Morgan fingerprint density at radius 3 is 2.64 bits per heavy atom. The van der Waals surface area contributed by atoms with Gasteiger partial charge in [0.25, 0.3) is 6.43 Å². The van der Waals surface area contributed by atoms with Crippen molar-refractivity contribution in [3.8, 4) is 23.2 Å². The molecule has 1 aromatic carbocycles. The Morgan fingerprint density at radius 1 is 1.15 bits per heavy atom. The van der Waals surface area contributed by atoms with Crippen LogP contribution in [0.3, 0.4) is 0 Å². The van der Waals surface area contributed by atoms with Gasteiger partial charge in [0.2, 0.25) is 5.82 Å². The fourth-order valence-corrected chi connectivity index (χ4v) is 5.67. The Kier molecular flexibility index (Phi) is 7.44. The lowest BCUT2D eigenvalue weighted by atomic mass is 10.1. The number of anilines is 4. The minimum atomic E-state index is -2.81. The maximum Gasteiger partial charge on any atom is 0.295 e. The van der Waals surface area contributed by atoms with Crippen LogP contribution in [0.5, 0.6) is 5.75 Å². The van der Waals surface area contributed by atoms with E-state index in [1.54, 1.807) is 38.2 Å². The maximum absolute atomic E-state index is 13.9. The van der Waals surface area contributed by atoms with Gasteiger partial charge >= 0.3 is 0 Å². The first-order valence-electron chi connectivity index (χ1n) is 11.1. The van der Waals surface area contributed by atoms with Crippen molar-refractivity contribution >= 4 is 62.6 Å². The Balaban J connectivity index is 1.65. The van der Waals surface area contributed by atoms with Gasteiger partial charge in [0.15, 0.2) is 28.7 Å². The molecule has 13 nitrogen and oxygen atoms in total. The van der Waals surface area contributed by atoms with Crippen molar-refractivity contribution in [1.29, 1.82) is 5.26 Å². The van der Waals surface area contributed by atoms with Gasteiger partial charge in [0, 0.05) is 6.07 Å². The van der Waals surface area contributed by atoms with Crippen LogP contribution in [0, 0.1) is 18.3 Å². The summed E-state index contributed by atoms with van der Waals surface area (Å²) in [5.41, 5.74) is 2.55. The summed E-state index contributed by atoms with van der Waals surface area (Å²) in [5.74, 6) is 0.894. The first-order valence-corrected chi connectivity index (χ1v) is 15.2. The first kappa shape index (κ1) is 26.5. The highest BCUT2D eigenvalue weighted by molar-refractivity contribution is 14.2. The molecule has 2 N–H and O–H groups in total. The molecule has 1 atom stereocenters. The highest BCUT2D eigenvalue weighted by Gasteiger charge is 2.24. The summed E-state index contributed by atoms with van der Waals surface area (Å²) in [6, 6.07) is 8.90. The molecule has 39 heavy (non-hydrogen) atoms. The predicted molar refractivity (Wildman–Crippen MR) is 149 cm³/mol. The zero-order valence-corrected chi connectivity index (χ0v) is 23.6. The number of benzene rings is 1. The molecule has 4 heterocycles. The molecule has 0 amide bonds. The second-order valence-electron chi connectivity index (χ2n) is 7.96. The standard InChI is InChI=1S/C22H18F2IN12OP/c1-10-14(8-26)29-16(9-27-10)30-15-7-13(17-21(31-15)37(39-25)22(32-17)19(23)24)28-12-6-4-5-11(18(12)38-3)20-33-35-36(2)34-20/h4-7,9,19,39H,1-3H3,(H2,28,29,30,31). The number of halogens is 3. The molecule has 5 rings (SSSR count). The molecular formula is C22H18F2IN12OP. The van der Waals surface area contributed by atoms with Gasteiger partial charge in [-0.15, -0.1) is 10.2 Å². The van der Waals surface area contributed by atoms with Crippen LogP contribution in [0.25, 0.3) is 22.6 Å². The number of nitrogens with one attached hydrogen (secondary N) is 2. The Hall–Kier alpha value is -4.10. The van der Waals surface area contributed by atoms with Crippen molar-refractivity contribution in [2.45, 2.75) is 13.3 Å². The molecular weight excluding hydrogens is 644 g/mol. The zero-order chi connectivity index (χ0) is 27.7. The van der Waals surface area contributed by atoms with Crippen LogP contribution in [0.2, 0.25) is 0 Å². The molecule has 0 fully saturated rings. The lowest BCUT2D eigenvalue weighted by Gasteiger charge is -2.15. The lowest BCUT2D eigenvalue weighted by molar-refractivity contribution is 0.140. The zero-order valence-electron chi connectivity index (χ0n) is 20.5. The van der Waals surface area contributed by atoms with E-state index in [1.807, 2.05) is 28.1 Å². The van der Waals surface area contributed by atoms with Crippen LogP contribution in [0.4, 0.5) is 31.8 Å². The van der Waals surface area contributed by atoms with Gasteiger partial charge < -0.3 is 15.4 Å². The maximum atomic E-state index is 13.9. The number of nitriles is 1. The second-order valence-corrected chi connectivity index (χ2v) is 10.0. The molecule has 1 unspecified atom stereocenters. The van der Waals surface area contributed by atoms with Crippen LogP contribution in [-0.2, 0) is 7.05 Å². The highest BCUT2D eigenvalue weighted by atomic mass is 127. The largest absolute Gasteiger partial charge is 0.494 e. The molecule has 0 spiro atoms. The van der Waals surface area contributed by atoms with E-state index in [-0.39, 0.29) is 34.9 Å². The van der Waals surface area contributed by atoms with E-state index in [1.165, 1.54) is 22.4 Å². The van der Waals surface area contributed by atoms with E-state index < -0.39 is 12.2 Å². The summed E-state index contributed by atoms with van der Waals surface area (Å²) in [7, 11) is 3.15. The van der Waals surface area contributed by atoms with Gasteiger partial charge in [-0.25, -0.2) is 23.7 Å². The van der Waals surface area contributed by atoms with Gasteiger partial charge in [0.1, 0.15) is 17.4 Å². The van der Waals surface area contributed by atoms with Crippen LogP contribution in [0.15, 0.2) is 30.5 Å². The number of hydrogen-bond acceptors (Lipinski definition) is 11. The minimum Gasteiger partial charge on any atom is -0.494 e. The number of hydrogen-bond donors (Lipinski definition) is 2. The molecule has 17 heteroatoms. The van der Waals surface area contributed by atoms with E-state index in [4.69, 9.17) is 4.74 Å². The van der Waals surface area contributed by atoms with Gasteiger partial charge in [-0.2, -0.15) is 10.1 Å². The number of methoxy groups -OCH3 is 1. The molecule has 0 saturated heterocycles. The smallest absolute Gasteiger partial charge is 0.295 e. The lowest BCUT2D eigenvalue weighted by Crippen LogP contribution is -2.03. The number of nitrogens with zero attached hydrogens (tertiary/aromatic N) is 10. The quantitative estimate of drug-likeness (QED) is 0.174. The fourth-order valence-electron chi connectivity index (χ4n) is 3.77. The fraction of sp³-hybridized carbons (Fsp3) is 0.182. The van der Waals surface area contributed by atoms with Crippen molar-refractivity contribution in [3.05, 3.63) is 47.7 Å². The van der Waals surface area contributed by atoms with Crippen LogP contribution in [0.1, 0.15) is 23.6 Å². The van der Waals surface area contributed by atoms with Gasteiger partial charge in [-0.3, -0.25) is 9.32 Å². The number of aryl methyl sites for hydroxylation is 2. The van der Waals surface area contributed by atoms with E-state index in [2.05, 4.69) is 46.0 Å². The van der Waals surface area contributed by atoms with Crippen molar-refractivity contribution in [1.82, 2.24) is 44.5 Å². The summed E-state index contributed by atoms with van der Waals surface area (Å²) >= 11 is 2.00. The second kappa shape index (κ2) is 10.9. The molecule has 5 aromatic rings. The number of tetrazole rings is 1. The van der Waals surface area contributed by atoms with Crippen LogP contribution >= 0.6 is 28.4 Å². The Bertz CT molecular complexity index is 1730. The third kappa shape index (κ3) is 5.14. The van der Waals surface area contributed by atoms with Crippen molar-refractivity contribution < 1.29 is 13.5 Å². The monoisotopic (exact) mass is 662 g/mol. The number of rotatable bonds is 8. The van der Waals surface area contributed by atoms with Crippen molar-refractivity contribution in [2.24, 2.45) is 7.05 Å². The Morgan fingerprint density at radius 2 is 1.97 bits per heavy atom. The molecule has 198 valence electrons. The van der Waals surface area contributed by atoms with Gasteiger partial charge in [0.05, 0.1) is 49.4 Å². The van der Waals surface area contributed by atoms with Gasteiger partial charge in [-0.1, -0.05) is 6.07 Å².